The normalized spacial score (nSPS) is 9.44. The molecule has 5 nitrogen and oxygen atoms in total. The molecule has 1 radical (unpaired) electrons. The van der Waals surface area contributed by atoms with E-state index in [-0.39, 0.29) is 17.2 Å². The lowest BCUT2D eigenvalue weighted by atomic mass is 10.3. The SMILES string of the molecule is COc1[c]ccc(OC(C)=O)c1OC(C)=O. The number of carbonyl (C=O) groups excluding carboxylic acids is 2. The van der Waals surface area contributed by atoms with Gasteiger partial charge in [-0.3, -0.25) is 9.59 Å². The average molecular weight is 223 g/mol. The van der Waals surface area contributed by atoms with E-state index in [4.69, 9.17) is 14.2 Å². The highest BCUT2D eigenvalue weighted by Crippen LogP contribution is 2.36. The van der Waals surface area contributed by atoms with Gasteiger partial charge in [0.2, 0.25) is 5.75 Å². The van der Waals surface area contributed by atoms with Gasteiger partial charge >= 0.3 is 11.9 Å². The number of hydrogen-bond donors (Lipinski definition) is 0. The molecule has 0 fully saturated rings. The molecular weight excluding hydrogens is 212 g/mol. The van der Waals surface area contributed by atoms with Gasteiger partial charge in [-0.2, -0.15) is 0 Å². The fourth-order valence-electron chi connectivity index (χ4n) is 1.07. The quantitative estimate of drug-likeness (QED) is 0.571. The van der Waals surface area contributed by atoms with E-state index >= 15 is 0 Å². The summed E-state index contributed by atoms with van der Waals surface area (Å²) in [5.41, 5.74) is 0. The van der Waals surface area contributed by atoms with Crippen LogP contribution in [0, 0.1) is 6.07 Å². The molecule has 0 saturated carbocycles. The van der Waals surface area contributed by atoms with Crippen molar-refractivity contribution in [3.05, 3.63) is 18.2 Å². The Balaban J connectivity index is 3.14. The largest absolute Gasteiger partial charge is 0.492 e. The van der Waals surface area contributed by atoms with Crippen molar-refractivity contribution in [3.63, 3.8) is 0 Å². The van der Waals surface area contributed by atoms with Crippen molar-refractivity contribution in [1.82, 2.24) is 0 Å². The van der Waals surface area contributed by atoms with E-state index in [9.17, 15) is 9.59 Å². The topological polar surface area (TPSA) is 61.8 Å². The van der Waals surface area contributed by atoms with Crippen LogP contribution in [0.1, 0.15) is 13.8 Å². The van der Waals surface area contributed by atoms with Crippen LogP contribution in [0.2, 0.25) is 0 Å². The van der Waals surface area contributed by atoms with Crippen LogP contribution in [0.3, 0.4) is 0 Å². The Kier molecular flexibility index (Phi) is 3.88. The smallest absolute Gasteiger partial charge is 0.308 e. The van der Waals surface area contributed by atoms with E-state index in [0.29, 0.717) is 0 Å². The van der Waals surface area contributed by atoms with Gasteiger partial charge in [0, 0.05) is 19.9 Å². The van der Waals surface area contributed by atoms with Crippen LogP contribution in [0.5, 0.6) is 17.2 Å². The van der Waals surface area contributed by atoms with E-state index in [2.05, 4.69) is 6.07 Å². The molecule has 5 heteroatoms. The molecule has 1 rings (SSSR count). The molecule has 0 aliphatic rings. The Morgan fingerprint density at radius 2 is 1.81 bits per heavy atom. The third-order valence-corrected chi connectivity index (χ3v) is 1.58. The minimum Gasteiger partial charge on any atom is -0.492 e. The van der Waals surface area contributed by atoms with Crippen LogP contribution in [0.4, 0.5) is 0 Å². The summed E-state index contributed by atoms with van der Waals surface area (Å²) in [6.45, 7) is 2.49. The molecule has 0 saturated heterocycles. The van der Waals surface area contributed by atoms with Gasteiger partial charge < -0.3 is 14.2 Å². The van der Waals surface area contributed by atoms with Crippen molar-refractivity contribution in [1.29, 1.82) is 0 Å². The summed E-state index contributed by atoms with van der Waals surface area (Å²) in [4.78, 5) is 21.7. The number of methoxy groups -OCH3 is 1. The molecule has 0 heterocycles. The number of rotatable bonds is 3. The molecule has 0 N–H and O–H groups in total. The second-order valence-electron chi connectivity index (χ2n) is 2.89. The van der Waals surface area contributed by atoms with Crippen LogP contribution in [0.15, 0.2) is 12.1 Å². The first-order chi connectivity index (χ1) is 7.54. The van der Waals surface area contributed by atoms with Gasteiger partial charge in [-0.25, -0.2) is 0 Å². The molecule has 0 bridgehead atoms. The summed E-state index contributed by atoms with van der Waals surface area (Å²) in [6.07, 6.45) is 0. The zero-order valence-electron chi connectivity index (χ0n) is 9.20. The van der Waals surface area contributed by atoms with Gasteiger partial charge in [-0.05, 0) is 12.1 Å². The van der Waals surface area contributed by atoms with Gasteiger partial charge in [0.1, 0.15) is 0 Å². The highest BCUT2D eigenvalue weighted by molar-refractivity contribution is 5.75. The molecule has 0 amide bonds. The van der Waals surface area contributed by atoms with E-state index in [1.54, 1.807) is 0 Å². The molecule has 16 heavy (non-hydrogen) atoms. The zero-order valence-corrected chi connectivity index (χ0v) is 9.20. The Bertz CT molecular complexity index is 411. The van der Waals surface area contributed by atoms with Gasteiger partial charge in [-0.1, -0.05) is 0 Å². The number of benzene rings is 1. The first kappa shape index (κ1) is 12.0. The van der Waals surface area contributed by atoms with E-state index in [1.807, 2.05) is 0 Å². The highest BCUT2D eigenvalue weighted by atomic mass is 16.6. The number of carbonyl (C=O) groups is 2. The molecule has 0 atom stereocenters. The third kappa shape index (κ3) is 2.98. The van der Waals surface area contributed by atoms with Crippen molar-refractivity contribution in [2.75, 3.05) is 7.11 Å². The van der Waals surface area contributed by atoms with Gasteiger partial charge in [0.05, 0.1) is 7.11 Å². The van der Waals surface area contributed by atoms with Crippen molar-refractivity contribution in [3.8, 4) is 17.2 Å². The lowest BCUT2D eigenvalue weighted by Crippen LogP contribution is -2.08. The lowest BCUT2D eigenvalue weighted by molar-refractivity contribution is -0.134. The maximum absolute atomic E-state index is 10.9. The zero-order chi connectivity index (χ0) is 12.1. The maximum atomic E-state index is 10.9. The van der Waals surface area contributed by atoms with Crippen molar-refractivity contribution < 1.29 is 23.8 Å². The van der Waals surface area contributed by atoms with Crippen molar-refractivity contribution >= 4 is 11.9 Å². The van der Waals surface area contributed by atoms with E-state index in [0.717, 1.165) is 0 Å². The summed E-state index contributed by atoms with van der Waals surface area (Å²) in [5, 5.41) is 0. The van der Waals surface area contributed by atoms with Gasteiger partial charge in [0.15, 0.2) is 11.5 Å². The molecule has 0 spiro atoms. The van der Waals surface area contributed by atoms with Crippen LogP contribution >= 0.6 is 0 Å². The average Bonchev–Trinajstić information content (AvgIpc) is 2.19. The summed E-state index contributed by atoms with van der Waals surface area (Å²) < 4.78 is 14.7. The van der Waals surface area contributed by atoms with E-state index in [1.165, 1.54) is 33.1 Å². The Hall–Kier alpha value is -2.04. The monoisotopic (exact) mass is 223 g/mol. The minimum atomic E-state index is -0.536. The number of hydrogen-bond acceptors (Lipinski definition) is 5. The molecule has 0 unspecified atom stereocenters. The first-order valence-electron chi connectivity index (χ1n) is 4.50. The summed E-state index contributed by atoms with van der Waals surface area (Å²) in [7, 11) is 1.40. The predicted molar refractivity (Wildman–Crippen MR) is 54.4 cm³/mol. The predicted octanol–water partition coefficient (Wildman–Crippen LogP) is 1.35. The van der Waals surface area contributed by atoms with E-state index < -0.39 is 11.9 Å². The maximum Gasteiger partial charge on any atom is 0.308 e. The third-order valence-electron chi connectivity index (χ3n) is 1.58. The summed E-state index contributed by atoms with van der Waals surface area (Å²) >= 11 is 0. The molecular formula is C11H11O5. The minimum absolute atomic E-state index is 0.0488. The molecule has 1 aromatic rings. The van der Waals surface area contributed by atoms with Crippen LogP contribution < -0.4 is 14.2 Å². The molecule has 1 aromatic carbocycles. The molecule has 0 aliphatic heterocycles. The number of esters is 2. The van der Waals surface area contributed by atoms with Crippen LogP contribution in [-0.4, -0.2) is 19.0 Å². The molecule has 0 aliphatic carbocycles. The van der Waals surface area contributed by atoms with Gasteiger partial charge in [0.25, 0.3) is 0 Å². The molecule has 0 aromatic heterocycles. The fraction of sp³-hybridized carbons (Fsp3) is 0.273. The Labute approximate surface area is 92.9 Å². The Morgan fingerprint density at radius 1 is 1.19 bits per heavy atom. The standard InChI is InChI=1S/C11H11O5/c1-7(12)15-10-6-4-5-9(14-3)11(10)16-8(2)13/h4,6H,1-3H3. The highest BCUT2D eigenvalue weighted by Gasteiger charge is 2.15. The Morgan fingerprint density at radius 3 is 2.31 bits per heavy atom. The van der Waals surface area contributed by atoms with Gasteiger partial charge in [-0.15, -0.1) is 0 Å². The first-order valence-corrected chi connectivity index (χ1v) is 4.50. The lowest BCUT2D eigenvalue weighted by Gasteiger charge is -2.11. The number of ether oxygens (including phenoxy) is 3. The second-order valence-corrected chi connectivity index (χ2v) is 2.89. The summed E-state index contributed by atoms with van der Waals surface area (Å²) in [6, 6.07) is 5.68. The van der Waals surface area contributed by atoms with Crippen molar-refractivity contribution in [2.45, 2.75) is 13.8 Å². The van der Waals surface area contributed by atoms with Crippen LogP contribution in [0.25, 0.3) is 0 Å². The molecule has 85 valence electrons. The second kappa shape index (κ2) is 5.16. The fourth-order valence-corrected chi connectivity index (χ4v) is 1.07. The summed E-state index contributed by atoms with van der Waals surface area (Å²) in [5.74, 6) is -0.673. The van der Waals surface area contributed by atoms with Crippen LogP contribution in [-0.2, 0) is 9.59 Å². The van der Waals surface area contributed by atoms with Crippen molar-refractivity contribution in [2.24, 2.45) is 0 Å².